The Morgan fingerprint density at radius 3 is 2.53 bits per heavy atom. The van der Waals surface area contributed by atoms with Crippen LogP contribution in [0.25, 0.3) is 0 Å². The Hall–Kier alpha value is -2.55. The first-order valence-corrected chi connectivity index (χ1v) is 10.8. The average Bonchev–Trinajstić information content (AvgIpc) is 3.24. The maximum atomic E-state index is 11.8. The number of nitrogens with one attached hydrogen (secondary N) is 1. The fourth-order valence-electron chi connectivity index (χ4n) is 4.10. The van der Waals surface area contributed by atoms with E-state index in [1.165, 1.54) is 14.2 Å². The molecule has 2 heterocycles. The van der Waals surface area contributed by atoms with Gasteiger partial charge in [-0.05, 0) is 18.1 Å². The van der Waals surface area contributed by atoms with Gasteiger partial charge in [-0.1, -0.05) is 50.3 Å². The van der Waals surface area contributed by atoms with E-state index < -0.39 is 12.2 Å². The zero-order valence-corrected chi connectivity index (χ0v) is 19.3. The zero-order valence-electron chi connectivity index (χ0n) is 19.3. The van der Waals surface area contributed by atoms with Crippen LogP contribution in [0.3, 0.4) is 0 Å². The summed E-state index contributed by atoms with van der Waals surface area (Å²) in [5.41, 5.74) is 1.30. The van der Waals surface area contributed by atoms with Crippen LogP contribution in [0.15, 0.2) is 54.1 Å². The molecule has 0 bridgehead atoms. The van der Waals surface area contributed by atoms with Gasteiger partial charge in [-0.3, -0.25) is 0 Å². The van der Waals surface area contributed by atoms with E-state index >= 15 is 0 Å². The first-order valence-electron chi connectivity index (χ1n) is 10.8. The van der Waals surface area contributed by atoms with Crippen molar-refractivity contribution in [2.45, 2.75) is 51.6 Å². The lowest BCUT2D eigenvalue weighted by Gasteiger charge is -2.43. The molecule has 2 aliphatic heterocycles. The minimum Gasteiger partial charge on any atom is -0.467 e. The number of hydrogen-bond donors (Lipinski definition) is 1. The molecule has 0 aliphatic carbocycles. The lowest BCUT2D eigenvalue weighted by molar-refractivity contribution is -0.261. The van der Waals surface area contributed by atoms with Gasteiger partial charge >= 0.3 is 11.9 Å². The van der Waals surface area contributed by atoms with Crippen molar-refractivity contribution in [2.24, 2.45) is 11.8 Å². The van der Waals surface area contributed by atoms with Crippen LogP contribution < -0.4 is 5.32 Å². The number of hydrogen-bond acceptors (Lipinski definition) is 8. The van der Waals surface area contributed by atoms with Crippen LogP contribution in [0.4, 0.5) is 0 Å². The van der Waals surface area contributed by atoms with Crippen LogP contribution >= 0.6 is 0 Å². The van der Waals surface area contributed by atoms with Crippen molar-refractivity contribution in [1.82, 2.24) is 5.32 Å². The minimum absolute atomic E-state index is 0.0131. The Kier molecular flexibility index (Phi) is 8.55. The summed E-state index contributed by atoms with van der Waals surface area (Å²) in [7, 11) is 4.39. The number of esters is 1. The quantitative estimate of drug-likeness (QED) is 0.457. The topological polar surface area (TPSA) is 84.5 Å². The van der Waals surface area contributed by atoms with Gasteiger partial charge in [0.05, 0.1) is 33.0 Å². The molecule has 1 fully saturated rings. The Bertz CT molecular complexity index is 810. The monoisotopic (exact) mass is 447 g/mol. The molecule has 176 valence electrons. The van der Waals surface area contributed by atoms with Crippen molar-refractivity contribution in [1.29, 1.82) is 0 Å². The Morgan fingerprint density at radius 1 is 1.12 bits per heavy atom. The van der Waals surface area contributed by atoms with Crippen molar-refractivity contribution < 1.29 is 33.2 Å². The Labute approximate surface area is 189 Å². The van der Waals surface area contributed by atoms with E-state index in [2.05, 4.69) is 31.3 Å². The molecule has 1 saturated heterocycles. The molecule has 1 aromatic carbocycles. The highest BCUT2D eigenvalue weighted by atomic mass is 16.7. The highest BCUT2D eigenvalue weighted by molar-refractivity contribution is 5.88. The summed E-state index contributed by atoms with van der Waals surface area (Å²) in [5, 5.41) is 2.95. The molecule has 32 heavy (non-hydrogen) atoms. The van der Waals surface area contributed by atoms with E-state index in [4.69, 9.17) is 28.4 Å². The average molecular weight is 448 g/mol. The number of carbonyl (C=O) groups is 1. The van der Waals surface area contributed by atoms with E-state index in [0.717, 1.165) is 5.56 Å². The lowest BCUT2D eigenvalue weighted by Crippen LogP contribution is -2.50. The second-order valence-electron chi connectivity index (χ2n) is 7.96. The van der Waals surface area contributed by atoms with Crippen molar-refractivity contribution in [2.75, 3.05) is 21.3 Å². The zero-order chi connectivity index (χ0) is 23.1. The summed E-state index contributed by atoms with van der Waals surface area (Å²) in [6, 6.07) is 10.1. The summed E-state index contributed by atoms with van der Waals surface area (Å²) >= 11 is 0. The number of carbonyl (C=O) groups excluding carboxylic acids is 1. The maximum Gasteiger partial charge on any atom is 0.361 e. The largest absolute Gasteiger partial charge is 0.467 e. The Balaban J connectivity index is 1.60. The summed E-state index contributed by atoms with van der Waals surface area (Å²) in [6.07, 6.45) is 3.44. The second kappa shape index (κ2) is 11.4. The van der Waals surface area contributed by atoms with Gasteiger partial charge in [-0.2, -0.15) is 0 Å². The normalized spacial score (nSPS) is 30.2. The molecule has 0 radical (unpaired) electrons. The van der Waals surface area contributed by atoms with Gasteiger partial charge in [-0.25, -0.2) is 4.79 Å². The van der Waals surface area contributed by atoms with Crippen LogP contribution in [0.5, 0.6) is 0 Å². The van der Waals surface area contributed by atoms with E-state index in [1.807, 2.05) is 30.4 Å². The third-order valence-electron chi connectivity index (χ3n) is 5.86. The molecule has 1 N–H and O–H groups in total. The minimum atomic E-state index is -0.544. The van der Waals surface area contributed by atoms with E-state index in [1.54, 1.807) is 7.11 Å². The standard InChI is InChI=1S/C24H33NO7/c1-15-18(12-9-13-19-25-20(22(26)27-3)24(29-5)32-19)31-23(28-4)16(2)21(15)30-14-17-10-7-6-8-11-17/h6-11,13,15-16,18-19,21,23,25H,12,14H2,1-5H3/b13-9+/t15-,16+,18+,19?,21-,23-/m0/s1. The van der Waals surface area contributed by atoms with E-state index in [-0.39, 0.29) is 42.0 Å². The summed E-state index contributed by atoms with van der Waals surface area (Å²) < 4.78 is 33.6. The van der Waals surface area contributed by atoms with Gasteiger partial charge in [0.15, 0.2) is 12.5 Å². The number of methoxy groups -OCH3 is 3. The van der Waals surface area contributed by atoms with Crippen molar-refractivity contribution >= 4 is 5.97 Å². The van der Waals surface area contributed by atoms with Crippen LogP contribution in [0.1, 0.15) is 25.8 Å². The molecule has 2 aliphatic rings. The Morgan fingerprint density at radius 2 is 1.88 bits per heavy atom. The molecule has 8 heteroatoms. The van der Waals surface area contributed by atoms with Crippen LogP contribution in [-0.2, 0) is 39.8 Å². The van der Waals surface area contributed by atoms with Crippen molar-refractivity contribution in [3.05, 3.63) is 59.7 Å². The number of rotatable bonds is 9. The van der Waals surface area contributed by atoms with Crippen LogP contribution in [-0.4, -0.2) is 52.0 Å². The molecule has 3 rings (SSSR count). The molecule has 0 aromatic heterocycles. The molecular weight excluding hydrogens is 414 g/mol. The highest BCUT2D eigenvalue weighted by Gasteiger charge is 2.42. The van der Waals surface area contributed by atoms with Gasteiger partial charge in [0, 0.05) is 18.9 Å². The van der Waals surface area contributed by atoms with Gasteiger partial charge in [-0.15, -0.1) is 0 Å². The van der Waals surface area contributed by atoms with Crippen LogP contribution in [0.2, 0.25) is 0 Å². The fraction of sp³-hybridized carbons (Fsp3) is 0.542. The van der Waals surface area contributed by atoms with E-state index in [9.17, 15) is 4.79 Å². The molecule has 0 amide bonds. The maximum absolute atomic E-state index is 11.8. The van der Waals surface area contributed by atoms with Gasteiger partial charge in [0.2, 0.25) is 5.70 Å². The van der Waals surface area contributed by atoms with Gasteiger partial charge < -0.3 is 33.7 Å². The molecule has 1 aromatic rings. The summed E-state index contributed by atoms with van der Waals surface area (Å²) in [4.78, 5) is 11.8. The molecule has 6 atom stereocenters. The molecule has 0 saturated carbocycles. The van der Waals surface area contributed by atoms with Crippen LogP contribution in [0, 0.1) is 11.8 Å². The number of ether oxygens (including phenoxy) is 6. The second-order valence-corrected chi connectivity index (χ2v) is 7.96. The summed E-state index contributed by atoms with van der Waals surface area (Å²) in [6.45, 7) is 4.77. The first kappa shape index (κ1) is 24.1. The smallest absolute Gasteiger partial charge is 0.361 e. The summed E-state index contributed by atoms with van der Waals surface area (Å²) in [5.74, 6) is -0.191. The number of benzene rings is 1. The predicted molar refractivity (Wildman–Crippen MR) is 117 cm³/mol. The predicted octanol–water partition coefficient (Wildman–Crippen LogP) is 3.10. The SMILES string of the molecule is COC(=O)C1=C(OC)OC(/C=C/C[C@H]2O[C@H](OC)[C@H](C)[C@@H](OCc3ccccc3)[C@H]2C)N1. The van der Waals surface area contributed by atoms with Gasteiger partial charge in [0.1, 0.15) is 0 Å². The third-order valence-corrected chi connectivity index (χ3v) is 5.86. The molecule has 0 spiro atoms. The fourth-order valence-corrected chi connectivity index (χ4v) is 4.10. The lowest BCUT2D eigenvalue weighted by atomic mass is 9.84. The van der Waals surface area contributed by atoms with Crippen molar-refractivity contribution in [3.8, 4) is 0 Å². The highest BCUT2D eigenvalue weighted by Crippen LogP contribution is 2.35. The van der Waals surface area contributed by atoms with E-state index in [0.29, 0.717) is 13.0 Å². The van der Waals surface area contributed by atoms with Crippen molar-refractivity contribution in [3.63, 3.8) is 0 Å². The molecular formula is C24H33NO7. The third kappa shape index (κ3) is 5.62. The molecule has 8 nitrogen and oxygen atoms in total. The molecule has 1 unspecified atom stereocenters. The van der Waals surface area contributed by atoms with Gasteiger partial charge in [0.25, 0.3) is 0 Å². The first-order chi connectivity index (χ1) is 15.5.